The van der Waals surface area contributed by atoms with Gasteiger partial charge in [0.25, 0.3) is 0 Å². The zero-order valence-electron chi connectivity index (χ0n) is 15.4. The van der Waals surface area contributed by atoms with Gasteiger partial charge >= 0.3 is 0 Å². The second-order valence-electron chi connectivity index (χ2n) is 7.87. The Kier molecular flexibility index (Phi) is 4.16. The molecule has 0 bridgehead atoms. The minimum Gasteiger partial charge on any atom is -0.384 e. The maximum atomic E-state index is 13.2. The molecule has 2 N–H and O–H groups in total. The molecule has 1 atom stereocenters. The highest BCUT2D eigenvalue weighted by Gasteiger charge is 2.44. The SMILES string of the molecule is CC1(C)CC(=O)C2=C(C1)N(c1ccccc1)C(N)=C(C#N)[C@H]2c1ccsc1. The van der Waals surface area contributed by atoms with Crippen LogP contribution in [0.4, 0.5) is 5.69 Å². The molecule has 2 aromatic rings. The van der Waals surface area contributed by atoms with E-state index in [0.717, 1.165) is 28.9 Å². The fourth-order valence-corrected chi connectivity index (χ4v) is 4.84. The quantitative estimate of drug-likeness (QED) is 0.827. The molecule has 0 radical (unpaired) electrons. The maximum absolute atomic E-state index is 13.2. The van der Waals surface area contributed by atoms with Crippen molar-refractivity contribution < 1.29 is 4.79 Å². The first kappa shape index (κ1) is 17.6. The predicted octanol–water partition coefficient (Wildman–Crippen LogP) is 4.69. The lowest BCUT2D eigenvalue weighted by atomic mass is 9.69. The number of benzene rings is 1. The Labute approximate surface area is 163 Å². The Morgan fingerprint density at radius 3 is 2.59 bits per heavy atom. The number of rotatable bonds is 2. The number of thiophene rings is 1. The molecule has 136 valence electrons. The molecular formula is C22H21N3OS. The summed E-state index contributed by atoms with van der Waals surface area (Å²) in [7, 11) is 0. The van der Waals surface area contributed by atoms with Crippen LogP contribution in [0.5, 0.6) is 0 Å². The van der Waals surface area contributed by atoms with Crippen LogP contribution in [0.25, 0.3) is 0 Å². The number of hydrogen-bond acceptors (Lipinski definition) is 5. The van der Waals surface area contributed by atoms with E-state index in [1.54, 1.807) is 11.3 Å². The van der Waals surface area contributed by atoms with Crippen molar-refractivity contribution in [2.75, 3.05) is 4.90 Å². The second-order valence-corrected chi connectivity index (χ2v) is 8.65. The zero-order chi connectivity index (χ0) is 19.2. The van der Waals surface area contributed by atoms with Crippen molar-refractivity contribution in [1.82, 2.24) is 0 Å². The van der Waals surface area contributed by atoms with E-state index in [0.29, 0.717) is 17.8 Å². The van der Waals surface area contributed by atoms with Gasteiger partial charge in [0.2, 0.25) is 0 Å². The molecule has 0 amide bonds. The summed E-state index contributed by atoms with van der Waals surface area (Å²) in [5.74, 6) is 0.155. The summed E-state index contributed by atoms with van der Waals surface area (Å²) in [6, 6.07) is 14.0. The van der Waals surface area contributed by atoms with Gasteiger partial charge in [0, 0.05) is 23.4 Å². The highest BCUT2D eigenvalue weighted by atomic mass is 32.1. The van der Waals surface area contributed by atoms with E-state index >= 15 is 0 Å². The van der Waals surface area contributed by atoms with Crippen LogP contribution < -0.4 is 10.6 Å². The Bertz CT molecular complexity index is 994. The fraction of sp³-hybridized carbons (Fsp3) is 0.273. The number of Topliss-reactive ketones (excluding diaryl/α,β-unsaturated/α-hetero) is 1. The molecule has 4 nitrogen and oxygen atoms in total. The minimum atomic E-state index is -0.375. The van der Waals surface area contributed by atoms with E-state index in [1.165, 1.54) is 0 Å². The number of carbonyl (C=O) groups is 1. The summed E-state index contributed by atoms with van der Waals surface area (Å²) in [6.07, 6.45) is 1.22. The van der Waals surface area contributed by atoms with Gasteiger partial charge in [0.15, 0.2) is 5.78 Å². The molecule has 27 heavy (non-hydrogen) atoms. The van der Waals surface area contributed by atoms with Crippen molar-refractivity contribution in [3.8, 4) is 6.07 Å². The number of anilines is 1. The topological polar surface area (TPSA) is 70.1 Å². The van der Waals surface area contributed by atoms with Gasteiger partial charge in [0.05, 0.1) is 17.6 Å². The molecule has 1 aromatic heterocycles. The third kappa shape index (κ3) is 2.87. The van der Waals surface area contributed by atoms with E-state index in [4.69, 9.17) is 5.73 Å². The summed E-state index contributed by atoms with van der Waals surface area (Å²) in [4.78, 5) is 15.2. The van der Waals surface area contributed by atoms with Crippen LogP contribution in [0.15, 0.2) is 69.8 Å². The summed E-state index contributed by atoms with van der Waals surface area (Å²) in [6.45, 7) is 4.22. The van der Waals surface area contributed by atoms with Crippen molar-refractivity contribution in [3.05, 3.63) is 75.4 Å². The van der Waals surface area contributed by atoms with Gasteiger partial charge in [-0.15, -0.1) is 0 Å². The van der Waals surface area contributed by atoms with Gasteiger partial charge in [-0.05, 0) is 46.4 Å². The Morgan fingerprint density at radius 2 is 1.96 bits per heavy atom. The molecular weight excluding hydrogens is 354 g/mol. The Balaban J connectivity index is 2.00. The number of nitrogens with zero attached hydrogens (tertiary/aromatic N) is 2. The number of ketones is 1. The van der Waals surface area contributed by atoms with Crippen LogP contribution in [-0.4, -0.2) is 5.78 Å². The number of hydrogen-bond donors (Lipinski definition) is 1. The van der Waals surface area contributed by atoms with Gasteiger partial charge in [-0.1, -0.05) is 32.0 Å². The monoisotopic (exact) mass is 375 g/mol. The number of carbonyl (C=O) groups excluding carboxylic acids is 1. The molecule has 2 aliphatic rings. The highest BCUT2D eigenvalue weighted by Crippen LogP contribution is 2.50. The molecule has 1 aliphatic heterocycles. The van der Waals surface area contributed by atoms with Crippen LogP contribution in [0.3, 0.4) is 0 Å². The minimum absolute atomic E-state index is 0.110. The number of nitrogens with two attached hydrogens (primary N) is 1. The Morgan fingerprint density at radius 1 is 1.22 bits per heavy atom. The van der Waals surface area contributed by atoms with Gasteiger partial charge < -0.3 is 5.73 Å². The number of allylic oxidation sites excluding steroid dienone is 3. The van der Waals surface area contributed by atoms with E-state index in [2.05, 4.69) is 19.9 Å². The first-order valence-electron chi connectivity index (χ1n) is 8.96. The molecule has 5 heteroatoms. The van der Waals surface area contributed by atoms with Gasteiger partial charge in [-0.25, -0.2) is 0 Å². The summed E-state index contributed by atoms with van der Waals surface area (Å²) >= 11 is 1.56. The Hall–Kier alpha value is -2.84. The standard InChI is InChI=1S/C22H21N3OS/c1-22(2)10-17-20(18(26)11-22)19(14-8-9-27-13-14)16(12-23)21(24)25(17)15-6-4-3-5-7-15/h3-9,13,19H,10-11,24H2,1-2H3/t19-/m1/s1. The van der Waals surface area contributed by atoms with Crippen molar-refractivity contribution in [3.63, 3.8) is 0 Å². The van der Waals surface area contributed by atoms with E-state index in [9.17, 15) is 10.1 Å². The normalized spacial score (nSPS) is 21.9. The largest absolute Gasteiger partial charge is 0.384 e. The van der Waals surface area contributed by atoms with Crippen LogP contribution in [0.2, 0.25) is 0 Å². The van der Waals surface area contributed by atoms with Gasteiger partial charge in [0.1, 0.15) is 5.82 Å². The van der Waals surface area contributed by atoms with Crippen molar-refractivity contribution in [2.24, 2.45) is 11.1 Å². The molecule has 1 aliphatic carbocycles. The molecule has 2 heterocycles. The molecule has 0 unspecified atom stereocenters. The first-order valence-corrected chi connectivity index (χ1v) is 9.90. The lowest BCUT2D eigenvalue weighted by molar-refractivity contribution is -0.118. The predicted molar refractivity (Wildman–Crippen MR) is 108 cm³/mol. The average Bonchev–Trinajstić information content (AvgIpc) is 3.14. The highest BCUT2D eigenvalue weighted by molar-refractivity contribution is 7.08. The van der Waals surface area contributed by atoms with E-state index in [1.807, 2.05) is 52.1 Å². The van der Waals surface area contributed by atoms with E-state index in [-0.39, 0.29) is 17.1 Å². The van der Waals surface area contributed by atoms with Crippen molar-refractivity contribution in [2.45, 2.75) is 32.6 Å². The molecule has 0 saturated carbocycles. The lowest BCUT2D eigenvalue weighted by Crippen LogP contribution is -2.42. The smallest absolute Gasteiger partial charge is 0.162 e. The summed E-state index contributed by atoms with van der Waals surface area (Å²) in [5, 5.41) is 13.9. The third-order valence-corrected chi connectivity index (χ3v) is 5.97. The fourth-order valence-electron chi connectivity index (χ4n) is 4.15. The number of nitriles is 1. The maximum Gasteiger partial charge on any atom is 0.162 e. The van der Waals surface area contributed by atoms with Gasteiger partial charge in [-0.3, -0.25) is 9.69 Å². The molecule has 0 saturated heterocycles. The third-order valence-electron chi connectivity index (χ3n) is 5.27. The lowest BCUT2D eigenvalue weighted by Gasteiger charge is -2.43. The van der Waals surface area contributed by atoms with Crippen LogP contribution >= 0.6 is 11.3 Å². The summed E-state index contributed by atoms with van der Waals surface area (Å²) < 4.78 is 0. The average molecular weight is 375 g/mol. The summed E-state index contributed by atoms with van der Waals surface area (Å²) in [5.41, 5.74) is 10.3. The second kappa shape index (κ2) is 6.40. The van der Waals surface area contributed by atoms with Gasteiger partial charge in [-0.2, -0.15) is 16.6 Å². The van der Waals surface area contributed by atoms with Crippen LogP contribution in [-0.2, 0) is 4.79 Å². The molecule has 0 spiro atoms. The van der Waals surface area contributed by atoms with Crippen LogP contribution in [0, 0.1) is 16.7 Å². The molecule has 1 aromatic carbocycles. The van der Waals surface area contributed by atoms with E-state index < -0.39 is 0 Å². The van der Waals surface area contributed by atoms with Crippen LogP contribution in [0.1, 0.15) is 38.2 Å². The molecule has 0 fully saturated rings. The zero-order valence-corrected chi connectivity index (χ0v) is 16.2. The first-order chi connectivity index (χ1) is 12.9. The van der Waals surface area contributed by atoms with Crippen molar-refractivity contribution >= 4 is 22.8 Å². The molecule has 4 rings (SSSR count). The van der Waals surface area contributed by atoms with Crippen molar-refractivity contribution in [1.29, 1.82) is 5.26 Å². The number of para-hydroxylation sites is 1.